The fourth-order valence-corrected chi connectivity index (χ4v) is 2.08. The van der Waals surface area contributed by atoms with Gasteiger partial charge >= 0.3 is 0 Å². The molecule has 2 aliphatic rings. The van der Waals surface area contributed by atoms with Crippen molar-refractivity contribution in [3.8, 4) is 0 Å². The van der Waals surface area contributed by atoms with Crippen LogP contribution in [0.1, 0.15) is 6.42 Å². The van der Waals surface area contributed by atoms with E-state index in [0.29, 0.717) is 0 Å². The third-order valence-electron chi connectivity index (χ3n) is 3.51. The van der Waals surface area contributed by atoms with Crippen molar-refractivity contribution in [1.29, 1.82) is 0 Å². The van der Waals surface area contributed by atoms with Crippen LogP contribution >= 0.6 is 0 Å². The number of hydrogen-bond acceptors (Lipinski definition) is 10. The Hall–Kier alpha value is -0.440. The van der Waals surface area contributed by atoms with Gasteiger partial charge in [-0.2, -0.15) is 0 Å². The first-order chi connectivity index (χ1) is 10.3. The number of rotatable bonds is 2. The molecule has 140 valence electrons. The zero-order chi connectivity index (χ0) is 16.9. The Morgan fingerprint density at radius 1 is 0.783 bits per heavy atom. The first kappa shape index (κ1) is 22.6. The van der Waals surface area contributed by atoms with E-state index in [-0.39, 0.29) is 31.7 Å². The summed E-state index contributed by atoms with van der Waals surface area (Å²) in [5.41, 5.74) is 0. The molecule has 2 aliphatic heterocycles. The number of aliphatic hydroxyl groups excluding tert-OH is 8. The lowest BCUT2D eigenvalue weighted by Crippen LogP contribution is -2.53. The third kappa shape index (κ3) is 6.17. The minimum atomic E-state index is -1.39. The fourth-order valence-electron chi connectivity index (χ4n) is 2.08. The molecule has 10 N–H and O–H groups in total. The Bertz CT molecular complexity index is 303. The standard InChI is InChI=1S/2C6H12O5.H2O/c7-1-4-6(10)5(9)3(8)2-11-4;7-2-3-1-4(8)5(9)6(10)11-3;/h2*3-10H,1-2H2;1H2. The van der Waals surface area contributed by atoms with Gasteiger partial charge in [0, 0.05) is 6.42 Å². The molecule has 8 atom stereocenters. The topological polar surface area (TPSA) is 212 Å². The molecule has 0 bridgehead atoms. The molecular formula is C12H26O11. The van der Waals surface area contributed by atoms with Gasteiger partial charge < -0.3 is 55.8 Å². The molecule has 2 fully saturated rings. The van der Waals surface area contributed by atoms with Crippen molar-refractivity contribution in [3.63, 3.8) is 0 Å². The average Bonchev–Trinajstić information content (AvgIpc) is 2.50. The molecule has 2 heterocycles. The van der Waals surface area contributed by atoms with Crippen LogP contribution in [0.5, 0.6) is 0 Å². The quantitative estimate of drug-likeness (QED) is 0.237. The van der Waals surface area contributed by atoms with Gasteiger partial charge in [-0.1, -0.05) is 0 Å². The van der Waals surface area contributed by atoms with Crippen LogP contribution in [0.15, 0.2) is 0 Å². The van der Waals surface area contributed by atoms with E-state index in [2.05, 4.69) is 0 Å². The third-order valence-corrected chi connectivity index (χ3v) is 3.51. The number of aliphatic hydroxyl groups is 8. The molecule has 2 rings (SSSR count). The maximum absolute atomic E-state index is 9.11. The molecular weight excluding hydrogens is 320 g/mol. The van der Waals surface area contributed by atoms with E-state index >= 15 is 0 Å². The summed E-state index contributed by atoms with van der Waals surface area (Å²) in [6.45, 7) is -0.671. The second-order valence-electron chi connectivity index (χ2n) is 5.23. The second kappa shape index (κ2) is 10.4. The molecule has 0 spiro atoms. The van der Waals surface area contributed by atoms with Gasteiger partial charge in [-0.05, 0) is 0 Å². The van der Waals surface area contributed by atoms with Crippen molar-refractivity contribution in [3.05, 3.63) is 0 Å². The molecule has 0 aromatic carbocycles. The van der Waals surface area contributed by atoms with Gasteiger partial charge in [0.15, 0.2) is 6.29 Å². The SMILES string of the molecule is O.OCC1CC(O)C(O)C(O)O1.OCC1OCC(O)C(O)C1O. The lowest BCUT2D eigenvalue weighted by Gasteiger charge is -2.34. The van der Waals surface area contributed by atoms with E-state index in [0.717, 1.165) is 0 Å². The van der Waals surface area contributed by atoms with Gasteiger partial charge in [-0.15, -0.1) is 0 Å². The zero-order valence-electron chi connectivity index (χ0n) is 12.3. The molecule has 11 nitrogen and oxygen atoms in total. The summed E-state index contributed by atoms with van der Waals surface area (Å²) in [6, 6.07) is 0. The number of hydrogen-bond donors (Lipinski definition) is 8. The van der Waals surface area contributed by atoms with Gasteiger partial charge in [0.05, 0.1) is 32.0 Å². The van der Waals surface area contributed by atoms with E-state index in [1.165, 1.54) is 0 Å². The summed E-state index contributed by atoms with van der Waals surface area (Å²) in [5, 5.41) is 71.2. The maximum Gasteiger partial charge on any atom is 0.183 e. The van der Waals surface area contributed by atoms with Crippen LogP contribution in [0.25, 0.3) is 0 Å². The second-order valence-corrected chi connectivity index (χ2v) is 5.23. The number of ether oxygens (including phenoxy) is 2. The van der Waals surface area contributed by atoms with Crippen LogP contribution in [0, 0.1) is 0 Å². The smallest absolute Gasteiger partial charge is 0.183 e. The monoisotopic (exact) mass is 346 g/mol. The van der Waals surface area contributed by atoms with Crippen LogP contribution < -0.4 is 0 Å². The molecule has 0 aliphatic carbocycles. The van der Waals surface area contributed by atoms with Gasteiger partial charge in [-0.3, -0.25) is 0 Å². The molecule has 0 aromatic heterocycles. The van der Waals surface area contributed by atoms with Crippen molar-refractivity contribution in [1.82, 2.24) is 0 Å². The Kier molecular flexibility index (Phi) is 10.2. The summed E-state index contributed by atoms with van der Waals surface area (Å²) < 4.78 is 9.53. The average molecular weight is 346 g/mol. The maximum atomic E-state index is 9.11. The van der Waals surface area contributed by atoms with Gasteiger partial charge in [-0.25, -0.2) is 0 Å². The highest BCUT2D eigenvalue weighted by molar-refractivity contribution is 4.85. The predicted octanol–water partition coefficient (Wildman–Crippen LogP) is -5.56. The van der Waals surface area contributed by atoms with Crippen molar-refractivity contribution in [2.75, 3.05) is 19.8 Å². The van der Waals surface area contributed by atoms with Crippen molar-refractivity contribution in [2.45, 2.75) is 55.4 Å². The van der Waals surface area contributed by atoms with E-state index in [1.807, 2.05) is 0 Å². The summed E-state index contributed by atoms with van der Waals surface area (Å²) in [7, 11) is 0. The molecule has 0 amide bonds. The largest absolute Gasteiger partial charge is 0.412 e. The minimum Gasteiger partial charge on any atom is -0.412 e. The molecule has 0 aromatic rings. The summed E-state index contributed by atoms with van der Waals surface area (Å²) in [5.74, 6) is 0. The molecule has 23 heavy (non-hydrogen) atoms. The molecule has 0 saturated carbocycles. The minimum absolute atomic E-state index is 0. The molecule has 8 unspecified atom stereocenters. The van der Waals surface area contributed by atoms with Gasteiger partial charge in [0.25, 0.3) is 0 Å². The van der Waals surface area contributed by atoms with Crippen molar-refractivity contribution < 1.29 is 55.8 Å². The van der Waals surface area contributed by atoms with Crippen LogP contribution in [0.3, 0.4) is 0 Å². The van der Waals surface area contributed by atoms with Gasteiger partial charge in [0.2, 0.25) is 0 Å². The lowest BCUT2D eigenvalue weighted by molar-refractivity contribution is -0.251. The van der Waals surface area contributed by atoms with Crippen LogP contribution in [0.2, 0.25) is 0 Å². The highest BCUT2D eigenvalue weighted by Gasteiger charge is 2.37. The highest BCUT2D eigenvalue weighted by atomic mass is 16.6. The van der Waals surface area contributed by atoms with Crippen molar-refractivity contribution in [2.24, 2.45) is 0 Å². The Labute approximate surface area is 132 Å². The molecule has 2 saturated heterocycles. The Balaban J connectivity index is 0.000000403. The Morgan fingerprint density at radius 2 is 1.39 bits per heavy atom. The van der Waals surface area contributed by atoms with Crippen LogP contribution in [-0.2, 0) is 9.47 Å². The van der Waals surface area contributed by atoms with E-state index in [1.54, 1.807) is 0 Å². The van der Waals surface area contributed by atoms with E-state index < -0.39 is 49.0 Å². The Morgan fingerprint density at radius 3 is 1.87 bits per heavy atom. The summed E-state index contributed by atoms with van der Waals surface area (Å²) in [4.78, 5) is 0. The van der Waals surface area contributed by atoms with E-state index in [9.17, 15) is 0 Å². The van der Waals surface area contributed by atoms with Crippen LogP contribution in [-0.4, -0.2) is 115 Å². The zero-order valence-corrected chi connectivity index (χ0v) is 12.3. The molecule has 11 heteroatoms. The van der Waals surface area contributed by atoms with E-state index in [4.69, 9.17) is 50.3 Å². The highest BCUT2D eigenvalue weighted by Crippen LogP contribution is 2.18. The normalized spacial score (nSPS) is 43.8. The van der Waals surface area contributed by atoms with Crippen LogP contribution in [0.4, 0.5) is 0 Å². The first-order valence-corrected chi connectivity index (χ1v) is 6.89. The predicted molar refractivity (Wildman–Crippen MR) is 73.1 cm³/mol. The summed E-state index contributed by atoms with van der Waals surface area (Å²) in [6.07, 6.45) is -8.38. The van der Waals surface area contributed by atoms with Gasteiger partial charge in [0.1, 0.15) is 30.5 Å². The fraction of sp³-hybridized carbons (Fsp3) is 1.00. The van der Waals surface area contributed by atoms with Crippen molar-refractivity contribution >= 4 is 0 Å². The molecule has 0 radical (unpaired) electrons. The first-order valence-electron chi connectivity index (χ1n) is 6.89. The lowest BCUT2D eigenvalue weighted by atomic mass is 10.0. The summed E-state index contributed by atoms with van der Waals surface area (Å²) >= 11 is 0.